The third kappa shape index (κ3) is 4.32. The number of benzene rings is 2. The third-order valence-corrected chi connectivity index (χ3v) is 5.40. The number of aromatic amines is 1. The topological polar surface area (TPSA) is 111 Å². The molecule has 0 bridgehead atoms. The summed E-state index contributed by atoms with van der Waals surface area (Å²) in [6.45, 7) is 2.37. The van der Waals surface area contributed by atoms with Gasteiger partial charge in [0.05, 0.1) is 17.8 Å². The Morgan fingerprint density at radius 2 is 2.12 bits per heavy atom. The van der Waals surface area contributed by atoms with E-state index in [4.69, 9.17) is 9.47 Å². The van der Waals surface area contributed by atoms with Gasteiger partial charge in [0, 0.05) is 29.6 Å². The summed E-state index contributed by atoms with van der Waals surface area (Å²) in [7, 11) is 3.43. The molecule has 0 spiro atoms. The van der Waals surface area contributed by atoms with Crippen LogP contribution in [0.4, 0.5) is 5.69 Å². The largest absolute Gasteiger partial charge is 0.486 e. The molecule has 2 N–H and O–H groups in total. The molecule has 166 valence electrons. The number of rotatable bonds is 7. The number of nitrogens with zero attached hydrogens (tertiary/aromatic N) is 2. The first-order valence-corrected chi connectivity index (χ1v) is 10.6. The average molecular weight is 501 g/mol. The Kier molecular flexibility index (Phi) is 6.15. The molecule has 1 unspecified atom stereocenters. The average Bonchev–Trinajstić information content (AvgIpc) is 3.33. The normalized spacial score (nSPS) is 12.1. The Balaban J connectivity index is 1.69. The van der Waals surface area contributed by atoms with E-state index in [0.717, 1.165) is 15.4 Å². The minimum Gasteiger partial charge on any atom is -0.486 e. The molecule has 2 aromatic carbocycles. The minimum atomic E-state index is -0.679. The van der Waals surface area contributed by atoms with Crippen molar-refractivity contribution in [3.05, 3.63) is 63.2 Å². The number of H-pyrrole nitrogens is 1. The molecule has 0 aliphatic rings. The minimum absolute atomic E-state index is 0.146. The van der Waals surface area contributed by atoms with Crippen LogP contribution in [-0.2, 0) is 11.8 Å². The Hall–Kier alpha value is -3.37. The Bertz CT molecular complexity index is 1340. The molecule has 32 heavy (non-hydrogen) atoms. The highest BCUT2D eigenvalue weighted by Gasteiger charge is 2.19. The zero-order valence-corrected chi connectivity index (χ0v) is 19.2. The van der Waals surface area contributed by atoms with E-state index in [1.807, 2.05) is 32.2 Å². The number of aryl methyl sites for hydroxylation is 1. The molecule has 9 nitrogen and oxygen atoms in total. The highest BCUT2D eigenvalue weighted by molar-refractivity contribution is 9.10. The standard InChI is InChI=1S/C22H21BrN4O5/c1-12(11-30-3)31-18-6-4-5-13-9-17(27(2)19(13)18)21(28)24-16-8-7-14(23)10-15(16)20-25-22(29)32-26-20/h4-10,12H,11H2,1-3H3,(H,24,28)(H,25,26,29). The van der Waals surface area contributed by atoms with E-state index >= 15 is 0 Å². The zero-order chi connectivity index (χ0) is 22.8. The zero-order valence-electron chi connectivity index (χ0n) is 17.6. The summed E-state index contributed by atoms with van der Waals surface area (Å²) in [5.41, 5.74) is 2.23. The van der Waals surface area contributed by atoms with Crippen molar-refractivity contribution >= 4 is 38.4 Å². The van der Waals surface area contributed by atoms with Crippen molar-refractivity contribution in [3.8, 4) is 17.1 Å². The van der Waals surface area contributed by atoms with E-state index in [0.29, 0.717) is 29.3 Å². The molecule has 4 rings (SSSR count). The lowest BCUT2D eigenvalue weighted by Gasteiger charge is -2.15. The second-order valence-corrected chi connectivity index (χ2v) is 8.17. The summed E-state index contributed by atoms with van der Waals surface area (Å²) in [6.07, 6.45) is -0.146. The lowest BCUT2D eigenvalue weighted by Crippen LogP contribution is -2.19. The molecule has 1 atom stereocenters. The molecule has 1 amide bonds. The Labute approximate surface area is 191 Å². The number of anilines is 1. The lowest BCUT2D eigenvalue weighted by molar-refractivity contribution is 0.0928. The second-order valence-electron chi connectivity index (χ2n) is 7.25. The van der Waals surface area contributed by atoms with Crippen molar-refractivity contribution in [2.24, 2.45) is 7.05 Å². The van der Waals surface area contributed by atoms with Crippen molar-refractivity contribution in [2.75, 3.05) is 19.0 Å². The molecule has 0 aliphatic carbocycles. The number of carbonyl (C=O) groups is 1. The SMILES string of the molecule is COCC(C)Oc1cccc2cc(C(=O)Nc3ccc(Br)cc3-c3noc(=O)[nH]3)n(C)c12. The molecule has 0 saturated carbocycles. The fraction of sp³-hybridized carbons (Fsp3) is 0.227. The number of fused-ring (bicyclic) bond motifs is 1. The number of hydrogen-bond acceptors (Lipinski definition) is 6. The van der Waals surface area contributed by atoms with Gasteiger partial charge in [0.25, 0.3) is 5.91 Å². The molecule has 0 aliphatic heterocycles. The van der Waals surface area contributed by atoms with Crippen molar-refractivity contribution in [1.82, 2.24) is 14.7 Å². The van der Waals surface area contributed by atoms with E-state index in [9.17, 15) is 9.59 Å². The van der Waals surface area contributed by atoms with Crippen molar-refractivity contribution in [2.45, 2.75) is 13.0 Å². The number of aromatic nitrogens is 3. The summed E-state index contributed by atoms with van der Waals surface area (Å²) in [6, 6.07) is 12.7. The van der Waals surface area contributed by atoms with Crippen molar-refractivity contribution < 1.29 is 18.8 Å². The van der Waals surface area contributed by atoms with E-state index in [1.165, 1.54) is 0 Å². The number of para-hydroxylation sites is 1. The van der Waals surface area contributed by atoms with Crippen LogP contribution in [0.25, 0.3) is 22.3 Å². The number of amides is 1. The van der Waals surface area contributed by atoms with Crippen LogP contribution in [0.1, 0.15) is 17.4 Å². The summed E-state index contributed by atoms with van der Waals surface area (Å²) in [4.78, 5) is 27.1. The first-order chi connectivity index (χ1) is 15.4. The van der Waals surface area contributed by atoms with E-state index in [2.05, 4.69) is 35.9 Å². The number of hydrogen-bond donors (Lipinski definition) is 2. The molecular weight excluding hydrogens is 480 g/mol. The van der Waals surface area contributed by atoms with Crippen LogP contribution >= 0.6 is 15.9 Å². The Morgan fingerprint density at radius 3 is 2.84 bits per heavy atom. The number of methoxy groups -OCH3 is 1. The number of nitrogens with one attached hydrogen (secondary N) is 2. The van der Waals surface area contributed by atoms with Gasteiger partial charge in [0.1, 0.15) is 17.5 Å². The first-order valence-electron chi connectivity index (χ1n) is 9.78. The summed E-state index contributed by atoms with van der Waals surface area (Å²) >= 11 is 3.39. The molecule has 0 saturated heterocycles. The van der Waals surface area contributed by atoms with Crippen LogP contribution < -0.4 is 15.8 Å². The van der Waals surface area contributed by atoms with Gasteiger partial charge in [0.2, 0.25) is 0 Å². The summed E-state index contributed by atoms with van der Waals surface area (Å²) in [5.74, 6) is -0.125. The number of halogens is 1. The first kappa shape index (κ1) is 21.8. The maximum absolute atomic E-state index is 13.2. The molecule has 2 aromatic heterocycles. The van der Waals surface area contributed by atoms with Crippen LogP contribution in [0, 0.1) is 0 Å². The van der Waals surface area contributed by atoms with Gasteiger partial charge in [-0.1, -0.05) is 33.2 Å². The highest BCUT2D eigenvalue weighted by Crippen LogP contribution is 2.31. The predicted molar refractivity (Wildman–Crippen MR) is 123 cm³/mol. The van der Waals surface area contributed by atoms with Crippen LogP contribution in [0.2, 0.25) is 0 Å². The molecule has 4 aromatic rings. The molecular formula is C22H21BrN4O5. The van der Waals surface area contributed by atoms with Crippen LogP contribution in [0.5, 0.6) is 5.75 Å². The highest BCUT2D eigenvalue weighted by atomic mass is 79.9. The molecule has 0 fully saturated rings. The lowest BCUT2D eigenvalue weighted by atomic mass is 10.1. The monoisotopic (exact) mass is 500 g/mol. The summed E-state index contributed by atoms with van der Waals surface area (Å²) in [5, 5.41) is 7.50. The predicted octanol–water partition coefficient (Wildman–Crippen LogP) is 3.95. The smallest absolute Gasteiger partial charge is 0.439 e. The Morgan fingerprint density at radius 1 is 1.31 bits per heavy atom. The van der Waals surface area contributed by atoms with Gasteiger partial charge < -0.3 is 19.4 Å². The van der Waals surface area contributed by atoms with Gasteiger partial charge in [0.15, 0.2) is 5.82 Å². The fourth-order valence-electron chi connectivity index (χ4n) is 3.53. The number of ether oxygens (including phenoxy) is 2. The van der Waals surface area contributed by atoms with Gasteiger partial charge in [-0.05, 0) is 37.3 Å². The third-order valence-electron chi connectivity index (χ3n) is 4.91. The van der Waals surface area contributed by atoms with Gasteiger partial charge in [-0.25, -0.2) is 4.79 Å². The molecule has 0 radical (unpaired) electrons. The summed E-state index contributed by atoms with van der Waals surface area (Å²) < 4.78 is 18.3. The van der Waals surface area contributed by atoms with E-state index in [-0.39, 0.29) is 17.8 Å². The molecule has 10 heteroatoms. The maximum atomic E-state index is 13.2. The van der Waals surface area contributed by atoms with Crippen LogP contribution in [-0.4, -0.2) is 40.4 Å². The maximum Gasteiger partial charge on any atom is 0.439 e. The van der Waals surface area contributed by atoms with Gasteiger partial charge >= 0.3 is 5.76 Å². The van der Waals surface area contributed by atoms with E-state index in [1.54, 1.807) is 35.9 Å². The van der Waals surface area contributed by atoms with Gasteiger partial charge in [-0.2, -0.15) is 0 Å². The van der Waals surface area contributed by atoms with Crippen molar-refractivity contribution in [3.63, 3.8) is 0 Å². The second kappa shape index (κ2) is 9.01. The van der Waals surface area contributed by atoms with Crippen LogP contribution in [0.15, 0.2) is 56.3 Å². The van der Waals surface area contributed by atoms with Gasteiger partial charge in [-0.3, -0.25) is 14.3 Å². The van der Waals surface area contributed by atoms with Gasteiger partial charge in [-0.15, -0.1) is 0 Å². The van der Waals surface area contributed by atoms with Crippen LogP contribution in [0.3, 0.4) is 0 Å². The number of carbonyl (C=O) groups excluding carboxylic acids is 1. The van der Waals surface area contributed by atoms with Crippen molar-refractivity contribution in [1.29, 1.82) is 0 Å². The molecule has 2 heterocycles. The fourth-order valence-corrected chi connectivity index (χ4v) is 3.89. The van der Waals surface area contributed by atoms with E-state index < -0.39 is 5.76 Å². The quantitative estimate of drug-likeness (QED) is 0.397.